The van der Waals surface area contributed by atoms with Gasteiger partial charge in [-0.15, -0.1) is 0 Å². The molecule has 0 saturated heterocycles. The van der Waals surface area contributed by atoms with Crippen molar-refractivity contribution in [3.8, 4) is 11.5 Å². The van der Waals surface area contributed by atoms with Gasteiger partial charge in [-0.05, 0) is 30.7 Å². The average Bonchev–Trinajstić information content (AvgIpc) is 2.61. The number of esters is 1. The molecular formula is C19H20O5. The van der Waals surface area contributed by atoms with Crippen LogP contribution in [0.15, 0.2) is 42.5 Å². The first-order chi connectivity index (χ1) is 11.6. The third-order valence-corrected chi connectivity index (χ3v) is 3.55. The Bertz CT molecular complexity index is 736. The lowest BCUT2D eigenvalue weighted by Gasteiger charge is -2.11. The Morgan fingerprint density at radius 1 is 0.958 bits per heavy atom. The van der Waals surface area contributed by atoms with Gasteiger partial charge in [0.15, 0.2) is 17.3 Å². The summed E-state index contributed by atoms with van der Waals surface area (Å²) in [6, 6.07) is 12.0. The van der Waals surface area contributed by atoms with Crippen molar-refractivity contribution in [2.75, 3.05) is 20.8 Å². The number of methoxy groups -OCH3 is 2. The van der Waals surface area contributed by atoms with Gasteiger partial charge in [0, 0.05) is 11.1 Å². The van der Waals surface area contributed by atoms with Crippen LogP contribution in [0.5, 0.6) is 11.5 Å². The number of carbonyl (C=O) groups is 2. The van der Waals surface area contributed by atoms with Crippen molar-refractivity contribution in [2.24, 2.45) is 0 Å². The van der Waals surface area contributed by atoms with Gasteiger partial charge >= 0.3 is 5.97 Å². The summed E-state index contributed by atoms with van der Waals surface area (Å²) in [5, 5.41) is 0. The number of benzene rings is 2. The molecule has 0 fully saturated rings. The van der Waals surface area contributed by atoms with Gasteiger partial charge in [-0.25, -0.2) is 0 Å². The zero-order chi connectivity index (χ0) is 17.5. The van der Waals surface area contributed by atoms with Gasteiger partial charge in [-0.2, -0.15) is 0 Å². The maximum Gasteiger partial charge on any atom is 0.310 e. The van der Waals surface area contributed by atoms with Crippen molar-refractivity contribution in [2.45, 2.75) is 13.3 Å². The van der Waals surface area contributed by atoms with Crippen LogP contribution >= 0.6 is 0 Å². The second-order valence-corrected chi connectivity index (χ2v) is 5.04. The highest BCUT2D eigenvalue weighted by Crippen LogP contribution is 2.29. The molecule has 0 N–H and O–H groups in total. The fourth-order valence-corrected chi connectivity index (χ4v) is 2.40. The van der Waals surface area contributed by atoms with Gasteiger partial charge in [0.1, 0.15) is 0 Å². The zero-order valence-corrected chi connectivity index (χ0v) is 14.0. The molecule has 2 aromatic carbocycles. The Balaban J connectivity index is 2.35. The molecule has 24 heavy (non-hydrogen) atoms. The molecule has 2 rings (SSSR count). The molecule has 126 valence electrons. The molecule has 0 atom stereocenters. The van der Waals surface area contributed by atoms with Gasteiger partial charge in [-0.3, -0.25) is 9.59 Å². The van der Waals surface area contributed by atoms with Crippen LogP contribution in [-0.2, 0) is 16.0 Å². The monoisotopic (exact) mass is 328 g/mol. The standard InChI is InChI=1S/C19H20O5/c1-4-24-18(20)12-13-7-5-6-8-15(13)19(21)14-9-10-16(22-2)17(11-14)23-3/h5-11H,4,12H2,1-3H3. The first-order valence-electron chi connectivity index (χ1n) is 7.61. The molecule has 0 spiro atoms. The van der Waals surface area contributed by atoms with E-state index in [0.717, 1.165) is 0 Å². The van der Waals surface area contributed by atoms with Crippen molar-refractivity contribution < 1.29 is 23.8 Å². The van der Waals surface area contributed by atoms with Crippen molar-refractivity contribution in [3.63, 3.8) is 0 Å². The topological polar surface area (TPSA) is 61.8 Å². The molecule has 0 saturated carbocycles. The summed E-state index contributed by atoms with van der Waals surface area (Å²) in [5.41, 5.74) is 1.57. The Hall–Kier alpha value is -2.82. The Labute approximate surface area is 141 Å². The van der Waals surface area contributed by atoms with Crippen molar-refractivity contribution in [3.05, 3.63) is 59.2 Å². The first-order valence-corrected chi connectivity index (χ1v) is 7.61. The van der Waals surface area contributed by atoms with Crippen LogP contribution in [0.1, 0.15) is 28.4 Å². The number of carbonyl (C=O) groups excluding carboxylic acids is 2. The summed E-state index contributed by atoms with van der Waals surface area (Å²) in [4.78, 5) is 24.6. The third kappa shape index (κ3) is 3.93. The first kappa shape index (κ1) is 17.5. The third-order valence-electron chi connectivity index (χ3n) is 3.55. The quantitative estimate of drug-likeness (QED) is 0.577. The molecule has 0 aliphatic heterocycles. The maximum absolute atomic E-state index is 12.8. The minimum absolute atomic E-state index is 0.0586. The number of ether oxygens (including phenoxy) is 3. The number of hydrogen-bond acceptors (Lipinski definition) is 5. The van der Waals surface area contributed by atoms with Crippen molar-refractivity contribution in [1.29, 1.82) is 0 Å². The fourth-order valence-electron chi connectivity index (χ4n) is 2.40. The normalized spacial score (nSPS) is 10.1. The van der Waals surface area contributed by atoms with Gasteiger partial charge in [0.25, 0.3) is 0 Å². The van der Waals surface area contributed by atoms with Crippen LogP contribution in [-0.4, -0.2) is 32.6 Å². The van der Waals surface area contributed by atoms with Crippen LogP contribution in [0.4, 0.5) is 0 Å². The predicted molar refractivity (Wildman–Crippen MR) is 89.8 cm³/mol. The summed E-state index contributed by atoms with van der Waals surface area (Å²) in [7, 11) is 3.05. The molecule has 0 heterocycles. The number of hydrogen-bond donors (Lipinski definition) is 0. The minimum atomic E-state index is -0.356. The lowest BCUT2D eigenvalue weighted by molar-refractivity contribution is -0.142. The van der Waals surface area contributed by atoms with Crippen LogP contribution in [0.3, 0.4) is 0 Å². The molecule has 0 unspecified atom stereocenters. The van der Waals surface area contributed by atoms with Crippen LogP contribution in [0.2, 0.25) is 0 Å². The van der Waals surface area contributed by atoms with E-state index in [-0.39, 0.29) is 18.2 Å². The summed E-state index contributed by atoms with van der Waals surface area (Å²) in [6.07, 6.45) is 0.0586. The SMILES string of the molecule is CCOC(=O)Cc1ccccc1C(=O)c1ccc(OC)c(OC)c1. The van der Waals surface area contributed by atoms with Crippen molar-refractivity contribution in [1.82, 2.24) is 0 Å². The summed E-state index contributed by atoms with van der Waals surface area (Å²) in [6.45, 7) is 2.06. The van der Waals surface area contributed by atoms with E-state index in [1.807, 2.05) is 0 Å². The van der Waals surface area contributed by atoms with Gasteiger partial charge in [-0.1, -0.05) is 24.3 Å². The number of rotatable bonds is 7. The van der Waals surface area contributed by atoms with Crippen molar-refractivity contribution >= 4 is 11.8 Å². The van der Waals surface area contributed by atoms with E-state index in [2.05, 4.69) is 0 Å². The molecule has 0 aliphatic carbocycles. The van der Waals surface area contributed by atoms with Gasteiger partial charge < -0.3 is 14.2 Å². The predicted octanol–water partition coefficient (Wildman–Crippen LogP) is 3.04. The van der Waals surface area contributed by atoms with E-state index in [0.29, 0.717) is 34.8 Å². The molecule has 2 aromatic rings. The van der Waals surface area contributed by atoms with E-state index < -0.39 is 0 Å². The van der Waals surface area contributed by atoms with E-state index in [1.54, 1.807) is 49.4 Å². The lowest BCUT2D eigenvalue weighted by atomic mass is 9.96. The second-order valence-electron chi connectivity index (χ2n) is 5.04. The summed E-state index contributed by atoms with van der Waals surface area (Å²) in [5.74, 6) is 0.487. The molecule has 0 aliphatic rings. The van der Waals surface area contributed by atoms with Gasteiger partial charge in [0.05, 0.1) is 27.2 Å². The molecule has 0 radical (unpaired) electrons. The van der Waals surface area contributed by atoms with Gasteiger partial charge in [0.2, 0.25) is 0 Å². The smallest absolute Gasteiger partial charge is 0.310 e. The Morgan fingerprint density at radius 2 is 1.67 bits per heavy atom. The van der Waals surface area contributed by atoms with E-state index >= 15 is 0 Å². The highest BCUT2D eigenvalue weighted by molar-refractivity contribution is 6.10. The van der Waals surface area contributed by atoms with Crippen LogP contribution < -0.4 is 9.47 Å². The second kappa shape index (κ2) is 8.15. The molecule has 5 nitrogen and oxygen atoms in total. The zero-order valence-electron chi connectivity index (χ0n) is 14.0. The Kier molecular flexibility index (Phi) is 5.95. The molecular weight excluding hydrogens is 308 g/mol. The average molecular weight is 328 g/mol. The summed E-state index contributed by atoms with van der Waals surface area (Å²) < 4.78 is 15.4. The highest BCUT2D eigenvalue weighted by atomic mass is 16.5. The largest absolute Gasteiger partial charge is 0.493 e. The van der Waals surface area contributed by atoms with E-state index in [9.17, 15) is 9.59 Å². The lowest BCUT2D eigenvalue weighted by Crippen LogP contribution is -2.12. The molecule has 0 bridgehead atoms. The highest BCUT2D eigenvalue weighted by Gasteiger charge is 2.17. The molecule has 0 aromatic heterocycles. The fraction of sp³-hybridized carbons (Fsp3) is 0.263. The Morgan fingerprint density at radius 3 is 2.33 bits per heavy atom. The molecule has 0 amide bonds. The van der Waals surface area contributed by atoms with Crippen LogP contribution in [0, 0.1) is 0 Å². The van der Waals surface area contributed by atoms with E-state index in [1.165, 1.54) is 14.2 Å². The number of ketones is 1. The maximum atomic E-state index is 12.8. The van der Waals surface area contributed by atoms with Crippen LogP contribution in [0.25, 0.3) is 0 Å². The molecule has 5 heteroatoms. The minimum Gasteiger partial charge on any atom is -0.493 e. The van der Waals surface area contributed by atoms with E-state index in [4.69, 9.17) is 14.2 Å². The summed E-state index contributed by atoms with van der Waals surface area (Å²) >= 11 is 0.